The number of benzene rings is 2. The van der Waals surface area contributed by atoms with E-state index in [0.29, 0.717) is 11.3 Å². The zero-order chi connectivity index (χ0) is 43.2. The van der Waals surface area contributed by atoms with Crippen LogP contribution in [0.3, 0.4) is 0 Å². The summed E-state index contributed by atoms with van der Waals surface area (Å²) in [6.07, 6.45) is 0.563. The van der Waals surface area contributed by atoms with Gasteiger partial charge in [-0.1, -0.05) is 26.0 Å². The van der Waals surface area contributed by atoms with Crippen LogP contribution in [0.1, 0.15) is 79.2 Å². The number of Topliss-reactive ketones (excluding diaryl/α,β-unsaturated/α-hetero) is 1. The second-order valence-electron chi connectivity index (χ2n) is 15.0. The summed E-state index contributed by atoms with van der Waals surface area (Å²) in [6, 6.07) is 8.94. The zero-order valence-corrected chi connectivity index (χ0v) is 33.2. The molecule has 3 N–H and O–H groups in total. The van der Waals surface area contributed by atoms with Crippen molar-refractivity contribution < 1.29 is 57.5 Å². The number of nitrogens with zero attached hydrogens (tertiary/aromatic N) is 2. The van der Waals surface area contributed by atoms with Crippen molar-refractivity contribution in [1.82, 2.24) is 15.5 Å². The van der Waals surface area contributed by atoms with Gasteiger partial charge in [0.1, 0.15) is 24.0 Å². The lowest BCUT2D eigenvalue weighted by Crippen LogP contribution is -2.51. The third-order valence-corrected chi connectivity index (χ3v) is 8.43. The SMILES string of the molecule is CC(C)C[C@@H](NC(=O)CCN1C(=O)C=CC1=O)C(=O)N[C@@H](C)C(=O)C[C@@H](CCC(=O)OC(C)(C)C)C(=O)Nc1ccc(COC(=O)Oc2ccc([N+](=O)[O-])cc2)cc1. The Balaban J connectivity index is 1.61. The Kier molecular flexibility index (Phi) is 16.8. The van der Waals surface area contributed by atoms with Crippen molar-refractivity contribution in [3.05, 3.63) is 76.4 Å². The van der Waals surface area contributed by atoms with Crippen molar-refractivity contribution in [1.29, 1.82) is 0 Å². The maximum absolute atomic E-state index is 13.5. The number of non-ortho nitro benzene ring substituents is 1. The van der Waals surface area contributed by atoms with E-state index in [1.165, 1.54) is 43.3 Å². The second kappa shape index (κ2) is 21.2. The van der Waals surface area contributed by atoms with Gasteiger partial charge in [0.25, 0.3) is 17.5 Å². The van der Waals surface area contributed by atoms with Gasteiger partial charge in [-0.3, -0.25) is 48.6 Å². The van der Waals surface area contributed by atoms with E-state index in [0.717, 1.165) is 17.1 Å². The maximum atomic E-state index is 13.5. The van der Waals surface area contributed by atoms with Crippen LogP contribution in [-0.2, 0) is 49.6 Å². The Bertz CT molecular complexity index is 1870. The zero-order valence-electron chi connectivity index (χ0n) is 33.2. The average molecular weight is 808 g/mol. The fourth-order valence-corrected chi connectivity index (χ4v) is 5.49. The number of carbonyl (C=O) groups is 8. The van der Waals surface area contributed by atoms with E-state index in [1.807, 2.05) is 13.8 Å². The summed E-state index contributed by atoms with van der Waals surface area (Å²) in [5.74, 6) is -4.97. The van der Waals surface area contributed by atoms with Gasteiger partial charge in [0.2, 0.25) is 17.7 Å². The largest absolute Gasteiger partial charge is 0.514 e. The van der Waals surface area contributed by atoms with Crippen LogP contribution in [0.15, 0.2) is 60.7 Å². The van der Waals surface area contributed by atoms with Gasteiger partial charge in [-0.2, -0.15) is 0 Å². The van der Waals surface area contributed by atoms with Crippen molar-refractivity contribution in [2.24, 2.45) is 11.8 Å². The number of ketones is 1. The first-order valence-corrected chi connectivity index (χ1v) is 18.6. The normalized spacial score (nSPS) is 13.9. The highest BCUT2D eigenvalue weighted by atomic mass is 16.7. The van der Waals surface area contributed by atoms with Crippen molar-refractivity contribution in [2.45, 2.75) is 97.9 Å². The number of rotatable bonds is 20. The Morgan fingerprint density at radius 1 is 0.845 bits per heavy atom. The number of carbonyl (C=O) groups excluding carboxylic acids is 8. The highest BCUT2D eigenvalue weighted by molar-refractivity contribution is 6.13. The van der Waals surface area contributed by atoms with E-state index in [4.69, 9.17) is 14.2 Å². The first-order chi connectivity index (χ1) is 27.2. The molecule has 0 saturated carbocycles. The number of hydrogen-bond donors (Lipinski definition) is 3. The van der Waals surface area contributed by atoms with Gasteiger partial charge in [0, 0.05) is 61.7 Å². The fraction of sp³-hybridized carbons (Fsp3) is 0.450. The molecule has 58 heavy (non-hydrogen) atoms. The molecule has 18 heteroatoms. The maximum Gasteiger partial charge on any atom is 0.514 e. The minimum Gasteiger partial charge on any atom is -0.460 e. The third-order valence-electron chi connectivity index (χ3n) is 8.43. The van der Waals surface area contributed by atoms with Gasteiger partial charge in [-0.25, -0.2) is 4.79 Å². The summed E-state index contributed by atoms with van der Waals surface area (Å²) in [6.45, 7) is 9.84. The topological polar surface area (TPSA) is 247 Å². The lowest BCUT2D eigenvalue weighted by atomic mass is 9.93. The number of nitro groups is 1. The second-order valence-corrected chi connectivity index (χ2v) is 15.0. The molecule has 0 aliphatic carbocycles. The van der Waals surface area contributed by atoms with Crippen LogP contribution in [-0.4, -0.2) is 81.5 Å². The van der Waals surface area contributed by atoms with Crippen LogP contribution in [0.2, 0.25) is 0 Å². The summed E-state index contributed by atoms with van der Waals surface area (Å²) in [7, 11) is 0. The van der Waals surface area contributed by atoms with Crippen molar-refractivity contribution in [3.8, 4) is 5.75 Å². The van der Waals surface area contributed by atoms with E-state index < -0.39 is 76.0 Å². The Labute approximate surface area is 335 Å². The van der Waals surface area contributed by atoms with Crippen LogP contribution in [0.25, 0.3) is 0 Å². The van der Waals surface area contributed by atoms with Crippen LogP contribution >= 0.6 is 0 Å². The van der Waals surface area contributed by atoms with Gasteiger partial charge < -0.3 is 30.2 Å². The molecule has 0 bridgehead atoms. The highest BCUT2D eigenvalue weighted by Gasteiger charge is 2.30. The third kappa shape index (κ3) is 15.6. The molecule has 1 heterocycles. The van der Waals surface area contributed by atoms with E-state index in [2.05, 4.69) is 16.0 Å². The number of esters is 1. The number of anilines is 1. The lowest BCUT2D eigenvalue weighted by Gasteiger charge is -2.24. The summed E-state index contributed by atoms with van der Waals surface area (Å²) in [5, 5.41) is 18.8. The number of amides is 5. The lowest BCUT2D eigenvalue weighted by molar-refractivity contribution is -0.384. The van der Waals surface area contributed by atoms with Crippen molar-refractivity contribution in [3.63, 3.8) is 0 Å². The standard InChI is InChI=1S/C40H49N5O13/c1-24(2)21-31(43-33(47)19-20-44-34(48)16-17-35(44)49)38(52)41-25(3)32(46)22-27(9-18-36(50)58-40(4,5)6)37(51)42-28-10-7-26(8-11-28)23-56-39(53)57-30-14-12-29(13-15-30)45(54)55/h7-8,10-17,24-25,27,31H,9,18-23H2,1-6H3,(H,41,52)(H,42,51)(H,43,47)/t25-,27+,31+/m0/s1. The van der Waals surface area contributed by atoms with Crippen LogP contribution < -0.4 is 20.7 Å². The predicted molar refractivity (Wildman–Crippen MR) is 207 cm³/mol. The van der Waals surface area contributed by atoms with Crippen LogP contribution in [0.5, 0.6) is 5.75 Å². The minimum atomic E-state index is -1.09. The molecule has 312 valence electrons. The van der Waals surface area contributed by atoms with E-state index >= 15 is 0 Å². The molecule has 1 aliphatic heterocycles. The molecule has 5 amide bonds. The molecule has 0 saturated heterocycles. The number of imide groups is 1. The molecule has 0 aromatic heterocycles. The molecule has 0 fully saturated rings. The molecule has 0 radical (unpaired) electrons. The molecule has 0 unspecified atom stereocenters. The van der Waals surface area contributed by atoms with E-state index in [9.17, 15) is 48.5 Å². The van der Waals surface area contributed by atoms with Gasteiger partial charge in [0.05, 0.1) is 11.0 Å². The van der Waals surface area contributed by atoms with Crippen molar-refractivity contribution in [2.75, 3.05) is 11.9 Å². The molecule has 1 aliphatic rings. The number of ether oxygens (including phenoxy) is 3. The van der Waals surface area contributed by atoms with E-state index in [-0.39, 0.29) is 62.6 Å². The average Bonchev–Trinajstić information content (AvgIpc) is 3.46. The predicted octanol–water partition coefficient (Wildman–Crippen LogP) is 4.30. The fourth-order valence-electron chi connectivity index (χ4n) is 5.49. The summed E-state index contributed by atoms with van der Waals surface area (Å²) >= 11 is 0. The first-order valence-electron chi connectivity index (χ1n) is 18.6. The smallest absolute Gasteiger partial charge is 0.460 e. The van der Waals surface area contributed by atoms with Crippen LogP contribution in [0.4, 0.5) is 16.2 Å². The van der Waals surface area contributed by atoms with Gasteiger partial charge in [-0.15, -0.1) is 0 Å². The van der Waals surface area contributed by atoms with Crippen LogP contribution in [0, 0.1) is 22.0 Å². The molecule has 2 aromatic carbocycles. The molecule has 2 aromatic rings. The Morgan fingerprint density at radius 2 is 1.47 bits per heavy atom. The molecule has 18 nitrogen and oxygen atoms in total. The highest BCUT2D eigenvalue weighted by Crippen LogP contribution is 2.21. The molecule has 0 spiro atoms. The number of nitrogens with one attached hydrogen (secondary N) is 3. The molecular weight excluding hydrogens is 758 g/mol. The molecular formula is C40H49N5O13. The van der Waals surface area contributed by atoms with E-state index in [1.54, 1.807) is 32.9 Å². The minimum absolute atomic E-state index is 0.0403. The summed E-state index contributed by atoms with van der Waals surface area (Å²) in [4.78, 5) is 113. The molecule has 3 rings (SSSR count). The summed E-state index contributed by atoms with van der Waals surface area (Å²) in [5.41, 5.74) is -0.0907. The number of nitro benzene ring substituents is 1. The Morgan fingerprint density at radius 3 is 2.03 bits per heavy atom. The van der Waals surface area contributed by atoms with Crippen molar-refractivity contribution >= 4 is 58.8 Å². The molecule has 3 atom stereocenters. The first kappa shape index (κ1) is 45.9. The Hall–Kier alpha value is -6.46. The number of hydrogen-bond acceptors (Lipinski definition) is 13. The summed E-state index contributed by atoms with van der Waals surface area (Å²) < 4.78 is 15.5. The van der Waals surface area contributed by atoms with Gasteiger partial charge in [-0.05, 0) is 76.3 Å². The van der Waals surface area contributed by atoms with Gasteiger partial charge in [0.15, 0.2) is 5.78 Å². The quantitative estimate of drug-likeness (QED) is 0.0556. The van der Waals surface area contributed by atoms with Gasteiger partial charge >= 0.3 is 12.1 Å². The monoisotopic (exact) mass is 807 g/mol.